The number of benzene rings is 1. The van der Waals surface area contributed by atoms with E-state index >= 15 is 0 Å². The minimum Gasteiger partial charge on any atom is -0.373 e. The Bertz CT molecular complexity index is 371. The molecule has 0 aliphatic heterocycles. The zero-order chi connectivity index (χ0) is 13.7. The fourth-order valence-electron chi connectivity index (χ4n) is 2.40. The molecule has 1 aromatic carbocycles. The van der Waals surface area contributed by atoms with E-state index in [-0.39, 0.29) is 0 Å². The Morgan fingerprint density at radius 3 is 2.39 bits per heavy atom. The topological polar surface area (TPSA) is 15.3 Å². The van der Waals surface area contributed by atoms with Crippen LogP contribution in [0.1, 0.15) is 31.9 Å². The van der Waals surface area contributed by atoms with Gasteiger partial charge in [0.1, 0.15) is 0 Å². The Labute approximate surface area is 112 Å². The number of likely N-dealkylation sites (N-methyl/N-ethyl adjacent to an activating group) is 2. The maximum absolute atomic E-state index is 3.57. The van der Waals surface area contributed by atoms with Crippen LogP contribution in [-0.4, -0.2) is 26.2 Å². The highest BCUT2D eigenvalue weighted by Gasteiger charge is 2.15. The highest BCUT2D eigenvalue weighted by atomic mass is 15.1. The molecule has 102 valence electrons. The third-order valence-corrected chi connectivity index (χ3v) is 3.51. The molecule has 0 radical (unpaired) electrons. The van der Waals surface area contributed by atoms with Crippen molar-refractivity contribution in [3.63, 3.8) is 0 Å². The summed E-state index contributed by atoms with van der Waals surface area (Å²) in [5, 5.41) is 3.57. The van der Waals surface area contributed by atoms with Crippen molar-refractivity contribution in [1.29, 1.82) is 0 Å². The average Bonchev–Trinajstić information content (AvgIpc) is 2.27. The number of aryl methyl sites for hydroxylation is 2. The third kappa shape index (κ3) is 4.02. The van der Waals surface area contributed by atoms with Crippen molar-refractivity contribution in [3.05, 3.63) is 29.3 Å². The average molecular weight is 248 g/mol. The van der Waals surface area contributed by atoms with Crippen LogP contribution >= 0.6 is 0 Å². The molecule has 1 atom stereocenters. The quantitative estimate of drug-likeness (QED) is 0.830. The van der Waals surface area contributed by atoms with Gasteiger partial charge in [-0.05, 0) is 37.9 Å². The van der Waals surface area contributed by atoms with Crippen molar-refractivity contribution >= 4 is 5.69 Å². The molecule has 0 aliphatic rings. The molecule has 1 aromatic rings. The molecule has 0 saturated heterocycles. The Morgan fingerprint density at radius 1 is 1.22 bits per heavy atom. The summed E-state index contributed by atoms with van der Waals surface area (Å²) in [5.41, 5.74) is 4.03. The lowest BCUT2D eigenvalue weighted by atomic mass is 10.0. The first-order chi connectivity index (χ1) is 8.45. The van der Waals surface area contributed by atoms with E-state index in [9.17, 15) is 0 Å². The van der Waals surface area contributed by atoms with Crippen molar-refractivity contribution in [1.82, 2.24) is 5.32 Å². The fourth-order valence-corrected chi connectivity index (χ4v) is 2.40. The standard InChI is InChI=1S/C16H28N2/c1-7-17-15(12(2)3)11-18(6)16-9-8-13(4)10-14(16)5/h8-10,12,15,17H,7,11H2,1-6H3. The van der Waals surface area contributed by atoms with Gasteiger partial charge in [-0.2, -0.15) is 0 Å². The highest BCUT2D eigenvalue weighted by molar-refractivity contribution is 5.53. The monoisotopic (exact) mass is 248 g/mol. The Balaban J connectivity index is 2.76. The molecule has 0 spiro atoms. The molecule has 2 heteroatoms. The van der Waals surface area contributed by atoms with Gasteiger partial charge in [-0.1, -0.05) is 38.5 Å². The molecule has 0 heterocycles. The van der Waals surface area contributed by atoms with Gasteiger partial charge >= 0.3 is 0 Å². The van der Waals surface area contributed by atoms with Crippen LogP contribution in [0.25, 0.3) is 0 Å². The largest absolute Gasteiger partial charge is 0.373 e. The lowest BCUT2D eigenvalue weighted by Crippen LogP contribution is -2.43. The minimum atomic E-state index is 0.542. The molecule has 1 N–H and O–H groups in total. The van der Waals surface area contributed by atoms with Crippen LogP contribution in [0.2, 0.25) is 0 Å². The SMILES string of the molecule is CCNC(CN(C)c1ccc(C)cc1C)C(C)C. The Kier molecular flexibility index (Phi) is 5.67. The molecular weight excluding hydrogens is 220 g/mol. The first-order valence-corrected chi connectivity index (χ1v) is 6.97. The van der Waals surface area contributed by atoms with Gasteiger partial charge in [-0.3, -0.25) is 0 Å². The molecule has 1 unspecified atom stereocenters. The summed E-state index contributed by atoms with van der Waals surface area (Å²) in [5.74, 6) is 0.651. The van der Waals surface area contributed by atoms with E-state index in [2.05, 4.69) is 70.1 Å². The van der Waals surface area contributed by atoms with Crippen LogP contribution in [0.5, 0.6) is 0 Å². The maximum Gasteiger partial charge on any atom is 0.0394 e. The second-order valence-corrected chi connectivity index (χ2v) is 5.58. The third-order valence-electron chi connectivity index (χ3n) is 3.51. The van der Waals surface area contributed by atoms with E-state index in [1.54, 1.807) is 0 Å². The van der Waals surface area contributed by atoms with Gasteiger partial charge in [0.15, 0.2) is 0 Å². The molecule has 0 fully saturated rings. The molecular formula is C16H28N2. The van der Waals surface area contributed by atoms with Crippen LogP contribution in [0, 0.1) is 19.8 Å². The fraction of sp³-hybridized carbons (Fsp3) is 0.625. The number of hydrogen-bond acceptors (Lipinski definition) is 2. The van der Waals surface area contributed by atoms with Gasteiger partial charge in [0.05, 0.1) is 0 Å². The lowest BCUT2D eigenvalue weighted by molar-refractivity contribution is 0.410. The van der Waals surface area contributed by atoms with Crippen molar-refractivity contribution in [3.8, 4) is 0 Å². The molecule has 2 nitrogen and oxygen atoms in total. The Morgan fingerprint density at radius 2 is 1.89 bits per heavy atom. The van der Waals surface area contributed by atoms with E-state index in [1.165, 1.54) is 16.8 Å². The smallest absolute Gasteiger partial charge is 0.0394 e. The number of hydrogen-bond donors (Lipinski definition) is 1. The molecule has 1 rings (SSSR count). The number of nitrogens with one attached hydrogen (secondary N) is 1. The predicted molar refractivity (Wildman–Crippen MR) is 81.5 cm³/mol. The number of rotatable bonds is 6. The summed E-state index contributed by atoms with van der Waals surface area (Å²) in [7, 11) is 2.18. The van der Waals surface area contributed by atoms with Gasteiger partial charge in [-0.25, -0.2) is 0 Å². The summed E-state index contributed by atoms with van der Waals surface area (Å²) in [6.45, 7) is 13.2. The summed E-state index contributed by atoms with van der Waals surface area (Å²) < 4.78 is 0. The van der Waals surface area contributed by atoms with E-state index in [0.29, 0.717) is 12.0 Å². The van der Waals surface area contributed by atoms with Crippen molar-refractivity contribution in [2.75, 3.05) is 25.0 Å². The van der Waals surface area contributed by atoms with Gasteiger partial charge in [0.25, 0.3) is 0 Å². The molecule has 0 aromatic heterocycles. The highest BCUT2D eigenvalue weighted by Crippen LogP contribution is 2.20. The molecule has 0 bridgehead atoms. The van der Waals surface area contributed by atoms with Crippen molar-refractivity contribution < 1.29 is 0 Å². The summed E-state index contributed by atoms with van der Waals surface area (Å²) in [4.78, 5) is 2.36. The van der Waals surface area contributed by atoms with E-state index < -0.39 is 0 Å². The maximum atomic E-state index is 3.57. The molecule has 0 amide bonds. The second kappa shape index (κ2) is 6.79. The van der Waals surface area contributed by atoms with Crippen LogP contribution in [-0.2, 0) is 0 Å². The van der Waals surface area contributed by atoms with E-state index in [1.807, 2.05) is 0 Å². The molecule has 0 saturated carbocycles. The summed E-state index contributed by atoms with van der Waals surface area (Å²) >= 11 is 0. The number of anilines is 1. The first-order valence-electron chi connectivity index (χ1n) is 6.97. The zero-order valence-corrected chi connectivity index (χ0v) is 12.7. The van der Waals surface area contributed by atoms with Gasteiger partial charge in [-0.15, -0.1) is 0 Å². The minimum absolute atomic E-state index is 0.542. The lowest BCUT2D eigenvalue weighted by Gasteiger charge is -2.30. The second-order valence-electron chi connectivity index (χ2n) is 5.58. The summed E-state index contributed by atoms with van der Waals surface area (Å²) in [6, 6.07) is 7.22. The summed E-state index contributed by atoms with van der Waals surface area (Å²) in [6.07, 6.45) is 0. The molecule has 18 heavy (non-hydrogen) atoms. The van der Waals surface area contributed by atoms with Crippen molar-refractivity contribution in [2.45, 2.75) is 40.7 Å². The van der Waals surface area contributed by atoms with Crippen LogP contribution in [0.15, 0.2) is 18.2 Å². The normalized spacial score (nSPS) is 12.8. The predicted octanol–water partition coefficient (Wildman–Crippen LogP) is 3.37. The van der Waals surface area contributed by atoms with E-state index in [0.717, 1.165) is 13.1 Å². The van der Waals surface area contributed by atoms with Crippen molar-refractivity contribution in [2.24, 2.45) is 5.92 Å². The van der Waals surface area contributed by atoms with Gasteiger partial charge < -0.3 is 10.2 Å². The van der Waals surface area contributed by atoms with Crippen LogP contribution in [0.4, 0.5) is 5.69 Å². The van der Waals surface area contributed by atoms with Crippen LogP contribution in [0.3, 0.4) is 0 Å². The van der Waals surface area contributed by atoms with Crippen LogP contribution < -0.4 is 10.2 Å². The zero-order valence-electron chi connectivity index (χ0n) is 12.7. The van der Waals surface area contributed by atoms with Gasteiger partial charge in [0, 0.05) is 25.3 Å². The van der Waals surface area contributed by atoms with Gasteiger partial charge in [0.2, 0.25) is 0 Å². The van der Waals surface area contributed by atoms with E-state index in [4.69, 9.17) is 0 Å². The Hall–Kier alpha value is -1.02. The first kappa shape index (κ1) is 15.0. The number of nitrogens with zero attached hydrogens (tertiary/aromatic N) is 1. The molecule has 0 aliphatic carbocycles.